The van der Waals surface area contributed by atoms with Crippen LogP contribution in [0.4, 0.5) is 5.69 Å². The zero-order valence-electron chi connectivity index (χ0n) is 14.2. The minimum atomic E-state index is -3.96. The van der Waals surface area contributed by atoms with E-state index in [4.69, 9.17) is 16.4 Å². The lowest BCUT2D eigenvalue weighted by Crippen LogP contribution is -2.32. The van der Waals surface area contributed by atoms with Crippen LogP contribution in [0.2, 0.25) is 5.02 Å². The molecule has 26 heavy (non-hydrogen) atoms. The van der Waals surface area contributed by atoms with E-state index in [0.717, 1.165) is 4.31 Å². The number of nitrogens with one attached hydrogen (secondary N) is 1. The number of para-hydroxylation sites is 1. The molecule has 2 aromatic rings. The Balaban J connectivity index is 2.45. The summed E-state index contributed by atoms with van der Waals surface area (Å²) < 4.78 is 27.4. The first-order valence-corrected chi connectivity index (χ1v) is 9.64. The van der Waals surface area contributed by atoms with Crippen LogP contribution in [-0.4, -0.2) is 27.5 Å². The van der Waals surface area contributed by atoms with Gasteiger partial charge in [0.1, 0.15) is 0 Å². The van der Waals surface area contributed by atoms with Crippen LogP contribution in [0.5, 0.6) is 0 Å². The first kappa shape index (κ1) is 20.0. The molecular formula is C18H19ClN2O4S. The average Bonchev–Trinajstić information content (AvgIpc) is 2.65. The Labute approximate surface area is 158 Å². The van der Waals surface area contributed by atoms with Gasteiger partial charge >= 0.3 is 0 Å². The van der Waals surface area contributed by atoms with Crippen molar-refractivity contribution in [2.45, 2.75) is 11.8 Å². The first-order valence-electron chi connectivity index (χ1n) is 7.82. The predicted molar refractivity (Wildman–Crippen MR) is 102 cm³/mol. The summed E-state index contributed by atoms with van der Waals surface area (Å²) >= 11 is 6.17. The monoisotopic (exact) mass is 394 g/mol. The third-order valence-corrected chi connectivity index (χ3v) is 5.50. The summed E-state index contributed by atoms with van der Waals surface area (Å²) in [6.07, 6.45) is 1.46. The van der Waals surface area contributed by atoms with Gasteiger partial charge in [-0.15, -0.1) is 6.58 Å². The van der Waals surface area contributed by atoms with Gasteiger partial charge in [-0.2, -0.15) is 0 Å². The Hall–Kier alpha value is -2.35. The highest BCUT2D eigenvalue weighted by molar-refractivity contribution is 7.92. The number of benzene rings is 2. The fourth-order valence-electron chi connectivity index (χ4n) is 2.22. The SMILES string of the molecule is C=CCN(c1ccccc1Cl)S(=O)(=O)c1cccc(C(=O)NOCC)c1. The summed E-state index contributed by atoms with van der Waals surface area (Å²) in [4.78, 5) is 16.8. The summed E-state index contributed by atoms with van der Waals surface area (Å²) in [5.74, 6) is -0.531. The number of hydrogen-bond donors (Lipinski definition) is 1. The van der Waals surface area contributed by atoms with Crippen molar-refractivity contribution in [3.63, 3.8) is 0 Å². The van der Waals surface area contributed by atoms with E-state index in [0.29, 0.717) is 17.3 Å². The van der Waals surface area contributed by atoms with Crippen LogP contribution in [0.1, 0.15) is 17.3 Å². The molecule has 0 fully saturated rings. The molecule has 0 aliphatic rings. The molecule has 0 spiro atoms. The van der Waals surface area contributed by atoms with Crippen molar-refractivity contribution in [3.8, 4) is 0 Å². The maximum Gasteiger partial charge on any atom is 0.274 e. The second kappa shape index (κ2) is 8.84. The number of halogens is 1. The maximum atomic E-state index is 13.1. The number of nitrogens with zero attached hydrogens (tertiary/aromatic N) is 1. The standard InChI is InChI=1S/C18H19ClN2O4S/c1-3-12-21(17-11-6-5-10-16(17)19)26(23,24)15-9-7-8-14(13-15)18(22)20-25-4-2/h3,5-11,13H,1,4,12H2,2H3,(H,20,22). The summed E-state index contributed by atoms with van der Waals surface area (Å²) in [5.41, 5.74) is 2.73. The van der Waals surface area contributed by atoms with Crippen LogP contribution >= 0.6 is 11.6 Å². The van der Waals surface area contributed by atoms with E-state index in [1.54, 1.807) is 31.2 Å². The Morgan fingerprint density at radius 1 is 1.27 bits per heavy atom. The number of hydrogen-bond acceptors (Lipinski definition) is 4. The largest absolute Gasteiger partial charge is 0.274 e. The van der Waals surface area contributed by atoms with Gasteiger partial charge in [0, 0.05) is 5.56 Å². The number of amides is 1. The number of carbonyl (C=O) groups is 1. The van der Waals surface area contributed by atoms with E-state index in [2.05, 4.69) is 12.1 Å². The lowest BCUT2D eigenvalue weighted by Gasteiger charge is -2.24. The molecule has 1 N–H and O–H groups in total. The summed E-state index contributed by atoms with van der Waals surface area (Å²) in [7, 11) is -3.96. The van der Waals surface area contributed by atoms with Crippen molar-refractivity contribution in [2.75, 3.05) is 17.5 Å². The molecule has 1 amide bonds. The molecule has 0 aliphatic heterocycles. The van der Waals surface area contributed by atoms with Crippen molar-refractivity contribution < 1.29 is 18.0 Å². The van der Waals surface area contributed by atoms with Crippen molar-refractivity contribution in [1.82, 2.24) is 5.48 Å². The molecular weight excluding hydrogens is 376 g/mol. The molecule has 0 aliphatic carbocycles. The Bertz CT molecular complexity index is 900. The van der Waals surface area contributed by atoms with Gasteiger partial charge in [0.05, 0.1) is 28.8 Å². The van der Waals surface area contributed by atoms with Gasteiger partial charge in [-0.3, -0.25) is 13.9 Å². The second-order valence-electron chi connectivity index (χ2n) is 5.17. The van der Waals surface area contributed by atoms with Crippen LogP contribution in [0, 0.1) is 0 Å². The van der Waals surface area contributed by atoms with Gasteiger partial charge in [-0.05, 0) is 37.3 Å². The summed E-state index contributed by atoms with van der Waals surface area (Å²) in [5, 5.41) is 0.295. The minimum absolute atomic E-state index is 0.0292. The van der Waals surface area contributed by atoms with Gasteiger partial charge in [0.25, 0.3) is 15.9 Å². The fourth-order valence-corrected chi connectivity index (χ4v) is 4.01. The van der Waals surface area contributed by atoms with Gasteiger partial charge in [-0.25, -0.2) is 13.9 Å². The average molecular weight is 395 g/mol. The zero-order chi connectivity index (χ0) is 19.2. The Kier molecular flexibility index (Phi) is 6.79. The van der Waals surface area contributed by atoms with E-state index in [1.165, 1.54) is 30.3 Å². The van der Waals surface area contributed by atoms with Crippen molar-refractivity contribution >= 4 is 33.2 Å². The van der Waals surface area contributed by atoms with Crippen molar-refractivity contribution in [3.05, 3.63) is 71.8 Å². The van der Waals surface area contributed by atoms with Gasteiger partial charge in [0.2, 0.25) is 0 Å². The van der Waals surface area contributed by atoms with Crippen LogP contribution in [0.25, 0.3) is 0 Å². The highest BCUT2D eigenvalue weighted by Gasteiger charge is 2.26. The molecule has 0 saturated carbocycles. The molecule has 2 rings (SSSR count). The van der Waals surface area contributed by atoms with E-state index in [9.17, 15) is 13.2 Å². The third-order valence-electron chi connectivity index (χ3n) is 3.41. The highest BCUT2D eigenvalue weighted by Crippen LogP contribution is 2.30. The quantitative estimate of drug-likeness (QED) is 0.550. The van der Waals surface area contributed by atoms with Crippen LogP contribution in [0.3, 0.4) is 0 Å². The van der Waals surface area contributed by atoms with Crippen LogP contribution in [-0.2, 0) is 14.9 Å². The molecule has 138 valence electrons. The molecule has 2 aromatic carbocycles. The molecule has 0 atom stereocenters. The number of rotatable bonds is 8. The molecule has 8 heteroatoms. The molecule has 0 unspecified atom stereocenters. The summed E-state index contributed by atoms with van der Waals surface area (Å²) in [6.45, 7) is 5.66. The van der Waals surface area contributed by atoms with E-state index in [1.807, 2.05) is 0 Å². The molecule has 0 heterocycles. The normalized spacial score (nSPS) is 11.0. The number of sulfonamides is 1. The molecule has 0 aromatic heterocycles. The number of anilines is 1. The third kappa shape index (κ3) is 4.43. The lowest BCUT2D eigenvalue weighted by molar-refractivity contribution is 0.0364. The maximum absolute atomic E-state index is 13.1. The molecule has 0 saturated heterocycles. The molecule has 0 radical (unpaired) electrons. The zero-order valence-corrected chi connectivity index (χ0v) is 15.8. The Morgan fingerprint density at radius 2 is 2.00 bits per heavy atom. The highest BCUT2D eigenvalue weighted by atomic mass is 35.5. The second-order valence-corrected chi connectivity index (χ2v) is 7.44. The topological polar surface area (TPSA) is 75.7 Å². The van der Waals surface area contributed by atoms with Crippen molar-refractivity contribution in [1.29, 1.82) is 0 Å². The van der Waals surface area contributed by atoms with E-state index in [-0.39, 0.29) is 17.0 Å². The minimum Gasteiger partial charge on any atom is -0.274 e. The molecule has 0 bridgehead atoms. The number of hydroxylamine groups is 1. The van der Waals surface area contributed by atoms with Gasteiger partial charge < -0.3 is 0 Å². The Morgan fingerprint density at radius 3 is 2.65 bits per heavy atom. The lowest BCUT2D eigenvalue weighted by atomic mass is 10.2. The fraction of sp³-hybridized carbons (Fsp3) is 0.167. The van der Waals surface area contributed by atoms with E-state index < -0.39 is 15.9 Å². The molecule has 6 nitrogen and oxygen atoms in total. The van der Waals surface area contributed by atoms with Gasteiger partial charge in [-0.1, -0.05) is 35.9 Å². The first-order chi connectivity index (χ1) is 12.4. The predicted octanol–water partition coefficient (Wildman–Crippen LogP) is 3.40. The smallest absolute Gasteiger partial charge is 0.274 e. The van der Waals surface area contributed by atoms with Crippen LogP contribution < -0.4 is 9.79 Å². The van der Waals surface area contributed by atoms with Crippen molar-refractivity contribution in [2.24, 2.45) is 0 Å². The number of carbonyl (C=O) groups excluding carboxylic acids is 1. The van der Waals surface area contributed by atoms with Gasteiger partial charge in [0.15, 0.2) is 0 Å². The van der Waals surface area contributed by atoms with E-state index >= 15 is 0 Å². The van der Waals surface area contributed by atoms with Crippen LogP contribution in [0.15, 0.2) is 66.1 Å². The summed E-state index contributed by atoms with van der Waals surface area (Å²) in [6, 6.07) is 12.3.